The first kappa shape index (κ1) is 15.1. The quantitative estimate of drug-likeness (QED) is 0.739. The Kier molecular flexibility index (Phi) is 3.94. The van der Waals surface area contributed by atoms with Crippen molar-refractivity contribution in [3.63, 3.8) is 0 Å². The zero-order chi connectivity index (χ0) is 16.5. The minimum absolute atomic E-state index is 0.0299. The van der Waals surface area contributed by atoms with Crippen molar-refractivity contribution in [1.29, 1.82) is 0 Å². The number of halogens is 1. The van der Waals surface area contributed by atoms with Gasteiger partial charge in [-0.3, -0.25) is 4.79 Å². The molecule has 2 aromatic carbocycles. The highest BCUT2D eigenvalue weighted by Gasteiger charge is 2.30. The first-order valence-electron chi connectivity index (χ1n) is 7.85. The minimum Gasteiger partial charge on any atom is -0.311 e. The van der Waals surface area contributed by atoms with Crippen LogP contribution in [0.15, 0.2) is 65.3 Å². The highest BCUT2D eigenvalue weighted by Crippen LogP contribution is 2.37. The molecule has 1 aliphatic rings. The fourth-order valence-electron chi connectivity index (χ4n) is 3.17. The molecule has 0 aliphatic carbocycles. The topological polar surface area (TPSA) is 46.9 Å². The van der Waals surface area contributed by atoms with Crippen molar-refractivity contribution in [2.24, 2.45) is 0 Å². The molecule has 1 aromatic heterocycles. The smallest absolute Gasteiger partial charge is 0.226 e. The van der Waals surface area contributed by atoms with E-state index in [0.29, 0.717) is 13.0 Å². The molecule has 3 aromatic rings. The first-order chi connectivity index (χ1) is 11.7. The number of amides is 1. The van der Waals surface area contributed by atoms with Gasteiger partial charge in [-0.2, -0.15) is 5.10 Å². The van der Waals surface area contributed by atoms with E-state index >= 15 is 0 Å². The van der Waals surface area contributed by atoms with Gasteiger partial charge in [-0.25, -0.2) is 4.68 Å². The number of hydrogen-bond donors (Lipinski definition) is 1. The molecule has 1 N–H and O–H groups in total. The maximum absolute atomic E-state index is 12.2. The van der Waals surface area contributed by atoms with Crippen LogP contribution in [-0.4, -0.2) is 15.7 Å². The van der Waals surface area contributed by atoms with E-state index in [1.165, 1.54) is 0 Å². The van der Waals surface area contributed by atoms with Crippen molar-refractivity contribution in [1.82, 2.24) is 9.78 Å². The average molecular weight is 382 g/mol. The Morgan fingerprint density at radius 2 is 2.00 bits per heavy atom. The first-order valence-corrected chi connectivity index (χ1v) is 8.65. The molecule has 0 bridgehead atoms. The average Bonchev–Trinajstić information content (AvgIpc) is 2.98. The van der Waals surface area contributed by atoms with Gasteiger partial charge in [0.1, 0.15) is 5.82 Å². The number of rotatable bonds is 3. The Hall–Kier alpha value is -2.40. The molecule has 0 saturated carbocycles. The van der Waals surface area contributed by atoms with Gasteiger partial charge in [0.15, 0.2) is 0 Å². The molecule has 0 spiro atoms. The summed E-state index contributed by atoms with van der Waals surface area (Å²) < 4.78 is 2.89. The van der Waals surface area contributed by atoms with Gasteiger partial charge in [0, 0.05) is 22.4 Å². The zero-order valence-corrected chi connectivity index (χ0v) is 14.5. The molecule has 4 rings (SSSR count). The lowest BCUT2D eigenvalue weighted by Gasteiger charge is -2.24. The van der Waals surface area contributed by atoms with Crippen molar-refractivity contribution in [3.8, 4) is 0 Å². The molecule has 0 radical (unpaired) electrons. The molecule has 1 amide bonds. The lowest BCUT2D eigenvalue weighted by atomic mass is 9.87. The van der Waals surface area contributed by atoms with Crippen LogP contribution in [0.1, 0.15) is 29.0 Å². The summed E-state index contributed by atoms with van der Waals surface area (Å²) in [5.74, 6) is 0.873. The van der Waals surface area contributed by atoms with Gasteiger partial charge >= 0.3 is 0 Å². The Morgan fingerprint density at radius 1 is 1.17 bits per heavy atom. The molecule has 1 unspecified atom stereocenters. The molecule has 2 heterocycles. The Labute approximate surface area is 148 Å². The molecule has 4 nitrogen and oxygen atoms in total. The number of nitrogens with zero attached hydrogens (tertiary/aromatic N) is 2. The largest absolute Gasteiger partial charge is 0.311 e. The number of anilines is 1. The third-order valence-corrected chi connectivity index (χ3v) is 4.81. The normalized spacial score (nSPS) is 16.5. The van der Waals surface area contributed by atoms with E-state index in [1.54, 1.807) is 0 Å². The predicted molar refractivity (Wildman–Crippen MR) is 97.0 cm³/mol. The van der Waals surface area contributed by atoms with Crippen molar-refractivity contribution in [3.05, 3.63) is 82.0 Å². The van der Waals surface area contributed by atoms with Crippen LogP contribution in [-0.2, 0) is 11.3 Å². The molecule has 0 fully saturated rings. The van der Waals surface area contributed by atoms with Gasteiger partial charge < -0.3 is 5.32 Å². The lowest BCUT2D eigenvalue weighted by Crippen LogP contribution is -2.25. The van der Waals surface area contributed by atoms with Crippen LogP contribution in [0.2, 0.25) is 0 Å². The second kappa shape index (κ2) is 6.24. The SMILES string of the molecule is O=C1CC(c2cccc(Br)c2)c2cnn(Cc3ccccc3)c2N1. The van der Waals surface area contributed by atoms with E-state index in [1.807, 2.05) is 41.2 Å². The number of carbonyl (C=O) groups is 1. The van der Waals surface area contributed by atoms with Crippen LogP contribution in [0.4, 0.5) is 5.82 Å². The second-order valence-electron chi connectivity index (χ2n) is 5.95. The zero-order valence-electron chi connectivity index (χ0n) is 12.9. The maximum Gasteiger partial charge on any atom is 0.226 e. The number of carbonyl (C=O) groups excluding carboxylic acids is 1. The molecule has 0 saturated heterocycles. The molecular weight excluding hydrogens is 366 g/mol. The summed E-state index contributed by atoms with van der Waals surface area (Å²) in [5, 5.41) is 7.51. The van der Waals surface area contributed by atoms with Crippen molar-refractivity contribution >= 4 is 27.7 Å². The molecule has 1 atom stereocenters. The second-order valence-corrected chi connectivity index (χ2v) is 6.87. The van der Waals surface area contributed by atoms with Gasteiger partial charge in [-0.1, -0.05) is 58.4 Å². The number of benzene rings is 2. The van der Waals surface area contributed by atoms with E-state index in [4.69, 9.17) is 0 Å². The highest BCUT2D eigenvalue weighted by molar-refractivity contribution is 9.10. The molecule has 120 valence electrons. The maximum atomic E-state index is 12.2. The fourth-order valence-corrected chi connectivity index (χ4v) is 3.58. The molecule has 24 heavy (non-hydrogen) atoms. The van der Waals surface area contributed by atoms with Crippen LogP contribution in [0.25, 0.3) is 0 Å². The summed E-state index contributed by atoms with van der Waals surface area (Å²) in [6, 6.07) is 18.3. The van der Waals surface area contributed by atoms with Crippen LogP contribution < -0.4 is 5.32 Å². The number of hydrogen-bond acceptors (Lipinski definition) is 2. The number of aromatic nitrogens is 2. The van der Waals surface area contributed by atoms with Gasteiger partial charge in [0.2, 0.25) is 5.91 Å². The lowest BCUT2D eigenvalue weighted by molar-refractivity contribution is -0.116. The monoisotopic (exact) mass is 381 g/mol. The third-order valence-electron chi connectivity index (χ3n) is 4.32. The Bertz CT molecular complexity index is 889. The fraction of sp³-hybridized carbons (Fsp3) is 0.158. The van der Waals surface area contributed by atoms with E-state index in [0.717, 1.165) is 27.0 Å². The summed E-state index contributed by atoms with van der Waals surface area (Å²) >= 11 is 3.51. The molecular formula is C19H16BrN3O. The van der Waals surface area contributed by atoms with Crippen LogP contribution in [0.5, 0.6) is 0 Å². The van der Waals surface area contributed by atoms with E-state index in [-0.39, 0.29) is 11.8 Å². The standard InChI is InChI=1S/C19H16BrN3O/c20-15-8-4-7-14(9-15)16-10-18(24)22-19-17(16)11-21-23(19)12-13-5-2-1-3-6-13/h1-9,11,16H,10,12H2,(H,22,24). The highest BCUT2D eigenvalue weighted by atomic mass is 79.9. The van der Waals surface area contributed by atoms with Crippen LogP contribution in [0.3, 0.4) is 0 Å². The molecule has 1 aliphatic heterocycles. The van der Waals surface area contributed by atoms with Crippen molar-refractivity contribution in [2.75, 3.05) is 5.32 Å². The van der Waals surface area contributed by atoms with Crippen molar-refractivity contribution in [2.45, 2.75) is 18.9 Å². The number of fused-ring (bicyclic) bond motifs is 1. The predicted octanol–water partition coefficient (Wildman–Crippen LogP) is 4.17. The Balaban J connectivity index is 1.72. The van der Waals surface area contributed by atoms with E-state index in [2.05, 4.69) is 50.6 Å². The van der Waals surface area contributed by atoms with Gasteiger partial charge in [-0.15, -0.1) is 0 Å². The Morgan fingerprint density at radius 3 is 2.79 bits per heavy atom. The third kappa shape index (κ3) is 2.87. The summed E-state index contributed by atoms with van der Waals surface area (Å²) in [5.41, 5.74) is 3.35. The van der Waals surface area contributed by atoms with E-state index < -0.39 is 0 Å². The number of nitrogens with one attached hydrogen (secondary N) is 1. The molecule has 5 heteroatoms. The summed E-state index contributed by atoms with van der Waals surface area (Å²) in [6.45, 7) is 0.641. The van der Waals surface area contributed by atoms with Gasteiger partial charge in [-0.05, 0) is 23.3 Å². The van der Waals surface area contributed by atoms with Gasteiger partial charge in [0.25, 0.3) is 0 Å². The van der Waals surface area contributed by atoms with Crippen LogP contribution >= 0.6 is 15.9 Å². The van der Waals surface area contributed by atoms with Crippen molar-refractivity contribution < 1.29 is 4.79 Å². The summed E-state index contributed by atoms with van der Waals surface area (Å²) in [4.78, 5) is 12.2. The van der Waals surface area contributed by atoms with Gasteiger partial charge in [0.05, 0.1) is 12.7 Å². The minimum atomic E-state index is 0.0299. The van der Waals surface area contributed by atoms with Crippen LogP contribution in [0, 0.1) is 0 Å². The summed E-state index contributed by atoms with van der Waals surface area (Å²) in [7, 11) is 0. The summed E-state index contributed by atoms with van der Waals surface area (Å²) in [6.07, 6.45) is 2.32. The van der Waals surface area contributed by atoms with E-state index in [9.17, 15) is 4.79 Å².